The van der Waals surface area contributed by atoms with E-state index >= 15 is 0 Å². The number of hydrogen-bond acceptors (Lipinski definition) is 3. The first-order valence-electron chi connectivity index (χ1n) is 7.39. The normalized spacial score (nSPS) is 19.4. The maximum Gasteiger partial charge on any atom is 0.272 e. The van der Waals surface area contributed by atoms with E-state index < -0.39 is 0 Å². The molecular weight excluding hydrogens is 240 g/mol. The molecule has 104 valence electrons. The van der Waals surface area contributed by atoms with Gasteiger partial charge in [-0.15, -0.1) is 0 Å². The molecule has 3 rings (SSSR count). The maximum atomic E-state index is 12.1. The number of nitrogens with one attached hydrogen (secondary N) is 3. The van der Waals surface area contributed by atoms with Gasteiger partial charge in [0.2, 0.25) is 0 Å². The van der Waals surface area contributed by atoms with Gasteiger partial charge in [0.25, 0.3) is 5.91 Å². The summed E-state index contributed by atoms with van der Waals surface area (Å²) in [5.41, 5.74) is 2.73. The smallest absolute Gasteiger partial charge is 0.272 e. The molecule has 2 aliphatic rings. The van der Waals surface area contributed by atoms with E-state index in [4.69, 9.17) is 0 Å². The summed E-state index contributed by atoms with van der Waals surface area (Å²) in [5.74, 6) is 0.786. The molecule has 1 fully saturated rings. The van der Waals surface area contributed by atoms with Gasteiger partial charge in [-0.2, -0.15) is 5.10 Å². The average Bonchev–Trinajstić information content (AvgIpc) is 3.07. The van der Waals surface area contributed by atoms with Gasteiger partial charge < -0.3 is 10.6 Å². The molecule has 3 N–H and O–H groups in total. The molecule has 0 spiro atoms. The van der Waals surface area contributed by atoms with E-state index in [0.29, 0.717) is 5.69 Å². The monoisotopic (exact) mass is 262 g/mol. The largest absolute Gasteiger partial charge is 0.351 e. The van der Waals surface area contributed by atoms with Crippen LogP contribution in [-0.4, -0.2) is 29.2 Å². The van der Waals surface area contributed by atoms with E-state index in [0.717, 1.165) is 49.7 Å². The minimum absolute atomic E-state index is 0.0285. The van der Waals surface area contributed by atoms with Crippen molar-refractivity contribution >= 4 is 5.91 Å². The molecular formula is C14H22N4O. The van der Waals surface area contributed by atoms with Crippen molar-refractivity contribution in [3.05, 3.63) is 17.0 Å². The molecule has 1 saturated carbocycles. The highest BCUT2D eigenvalue weighted by Crippen LogP contribution is 2.26. The van der Waals surface area contributed by atoms with E-state index in [1.165, 1.54) is 25.7 Å². The minimum atomic E-state index is -0.0285. The molecule has 5 heteroatoms. The summed E-state index contributed by atoms with van der Waals surface area (Å²) in [6, 6.07) is 0. The van der Waals surface area contributed by atoms with Gasteiger partial charge in [-0.1, -0.05) is 25.7 Å². The van der Waals surface area contributed by atoms with Crippen molar-refractivity contribution in [2.75, 3.05) is 13.1 Å². The first-order valence-corrected chi connectivity index (χ1v) is 7.39. The summed E-state index contributed by atoms with van der Waals surface area (Å²) >= 11 is 0. The zero-order chi connectivity index (χ0) is 13.1. The molecule has 5 nitrogen and oxygen atoms in total. The van der Waals surface area contributed by atoms with Crippen LogP contribution in [0.2, 0.25) is 0 Å². The Bertz CT molecular complexity index is 448. The summed E-state index contributed by atoms with van der Waals surface area (Å²) in [6.07, 6.45) is 7.41. The maximum absolute atomic E-state index is 12.1. The lowest BCUT2D eigenvalue weighted by molar-refractivity contribution is 0.0945. The van der Waals surface area contributed by atoms with Gasteiger partial charge in [0.1, 0.15) is 0 Å². The number of nitrogens with zero attached hydrogens (tertiary/aromatic N) is 1. The number of carbonyl (C=O) groups excluding carboxylic acids is 1. The van der Waals surface area contributed by atoms with Crippen LogP contribution in [0.3, 0.4) is 0 Å². The quantitative estimate of drug-likeness (QED) is 0.767. The molecule has 0 aromatic carbocycles. The second-order valence-corrected chi connectivity index (χ2v) is 5.65. The second kappa shape index (κ2) is 5.74. The number of rotatable bonds is 4. The van der Waals surface area contributed by atoms with Gasteiger partial charge in [0.05, 0.1) is 0 Å². The van der Waals surface area contributed by atoms with Crippen molar-refractivity contribution < 1.29 is 4.79 Å². The van der Waals surface area contributed by atoms with Crippen LogP contribution < -0.4 is 10.6 Å². The molecule has 19 heavy (non-hydrogen) atoms. The first kappa shape index (κ1) is 12.7. The van der Waals surface area contributed by atoms with Crippen molar-refractivity contribution in [2.24, 2.45) is 5.92 Å². The Morgan fingerprint density at radius 1 is 1.37 bits per heavy atom. The van der Waals surface area contributed by atoms with E-state index in [9.17, 15) is 4.79 Å². The van der Waals surface area contributed by atoms with Crippen LogP contribution in [0.4, 0.5) is 0 Å². The van der Waals surface area contributed by atoms with Gasteiger partial charge in [-0.3, -0.25) is 9.89 Å². The molecule has 1 aliphatic heterocycles. The fourth-order valence-corrected chi connectivity index (χ4v) is 3.19. The van der Waals surface area contributed by atoms with Crippen LogP contribution in [0.25, 0.3) is 0 Å². The Morgan fingerprint density at radius 3 is 3.05 bits per heavy atom. The first-order chi connectivity index (χ1) is 9.34. The number of amides is 1. The standard InChI is InChI=1S/C14H22N4O/c19-14(16-8-5-10-3-1-2-4-10)13-11-9-15-7-6-12(11)17-18-13/h10,15H,1-9H2,(H,16,19)(H,17,18). The summed E-state index contributed by atoms with van der Waals surface area (Å²) < 4.78 is 0. The Hall–Kier alpha value is -1.36. The topological polar surface area (TPSA) is 69.8 Å². The van der Waals surface area contributed by atoms with Crippen molar-refractivity contribution in [1.29, 1.82) is 0 Å². The van der Waals surface area contributed by atoms with Crippen molar-refractivity contribution in [1.82, 2.24) is 20.8 Å². The van der Waals surface area contributed by atoms with Crippen LogP contribution >= 0.6 is 0 Å². The average molecular weight is 262 g/mol. The van der Waals surface area contributed by atoms with Gasteiger partial charge in [0, 0.05) is 37.3 Å². The predicted octanol–water partition coefficient (Wildman–Crippen LogP) is 1.37. The Morgan fingerprint density at radius 2 is 2.21 bits per heavy atom. The zero-order valence-electron chi connectivity index (χ0n) is 11.3. The Labute approximate surface area is 113 Å². The molecule has 0 bridgehead atoms. The van der Waals surface area contributed by atoms with Crippen molar-refractivity contribution in [3.63, 3.8) is 0 Å². The van der Waals surface area contributed by atoms with Gasteiger partial charge in [0.15, 0.2) is 5.69 Å². The molecule has 0 unspecified atom stereocenters. The molecule has 1 aliphatic carbocycles. The number of aromatic nitrogens is 2. The number of H-pyrrole nitrogens is 1. The third kappa shape index (κ3) is 2.81. The molecule has 1 aromatic heterocycles. The summed E-state index contributed by atoms with van der Waals surface area (Å²) in [6.45, 7) is 2.48. The van der Waals surface area contributed by atoms with Crippen LogP contribution in [0.15, 0.2) is 0 Å². The Balaban J connectivity index is 1.53. The number of hydrogen-bond donors (Lipinski definition) is 3. The highest BCUT2D eigenvalue weighted by molar-refractivity contribution is 5.94. The van der Waals surface area contributed by atoms with Crippen LogP contribution in [0.5, 0.6) is 0 Å². The molecule has 1 amide bonds. The van der Waals surface area contributed by atoms with E-state index in [1.54, 1.807) is 0 Å². The highest BCUT2D eigenvalue weighted by Gasteiger charge is 2.21. The number of carbonyl (C=O) groups is 1. The summed E-state index contributed by atoms with van der Waals surface area (Å²) in [7, 11) is 0. The van der Waals surface area contributed by atoms with Crippen molar-refractivity contribution in [2.45, 2.75) is 45.1 Å². The summed E-state index contributed by atoms with van der Waals surface area (Å²) in [5, 5.41) is 13.5. The SMILES string of the molecule is O=C(NCCC1CCCC1)c1n[nH]c2c1CNCC2. The Kier molecular flexibility index (Phi) is 3.82. The molecule has 2 heterocycles. The lowest BCUT2D eigenvalue weighted by atomic mass is 10.0. The fraction of sp³-hybridized carbons (Fsp3) is 0.714. The molecule has 0 saturated heterocycles. The van der Waals surface area contributed by atoms with E-state index in [-0.39, 0.29) is 5.91 Å². The third-order valence-corrected chi connectivity index (χ3v) is 4.33. The zero-order valence-corrected chi connectivity index (χ0v) is 11.3. The minimum Gasteiger partial charge on any atom is -0.351 e. The van der Waals surface area contributed by atoms with Crippen LogP contribution in [0.1, 0.15) is 53.8 Å². The lowest BCUT2D eigenvalue weighted by Crippen LogP contribution is -2.29. The third-order valence-electron chi connectivity index (χ3n) is 4.33. The van der Waals surface area contributed by atoms with Crippen LogP contribution in [0, 0.1) is 5.92 Å². The number of aromatic amines is 1. The fourth-order valence-electron chi connectivity index (χ4n) is 3.19. The molecule has 1 aromatic rings. The van der Waals surface area contributed by atoms with Crippen LogP contribution in [-0.2, 0) is 13.0 Å². The molecule has 0 radical (unpaired) electrons. The van der Waals surface area contributed by atoms with Crippen molar-refractivity contribution in [3.8, 4) is 0 Å². The lowest BCUT2D eigenvalue weighted by Gasteiger charge is -2.13. The highest BCUT2D eigenvalue weighted by atomic mass is 16.1. The van der Waals surface area contributed by atoms with Gasteiger partial charge >= 0.3 is 0 Å². The van der Waals surface area contributed by atoms with Gasteiger partial charge in [-0.25, -0.2) is 0 Å². The van der Waals surface area contributed by atoms with E-state index in [2.05, 4.69) is 20.8 Å². The predicted molar refractivity (Wildman–Crippen MR) is 72.9 cm³/mol. The van der Waals surface area contributed by atoms with Gasteiger partial charge in [-0.05, 0) is 12.3 Å². The summed E-state index contributed by atoms with van der Waals surface area (Å²) in [4.78, 5) is 12.1. The van der Waals surface area contributed by atoms with E-state index in [1.807, 2.05) is 0 Å². The number of fused-ring (bicyclic) bond motifs is 1. The second-order valence-electron chi connectivity index (χ2n) is 5.65. The molecule has 0 atom stereocenters.